The van der Waals surface area contributed by atoms with E-state index in [9.17, 15) is 22.3 Å². The molecule has 0 saturated carbocycles. The molecule has 5 heterocycles. The van der Waals surface area contributed by atoms with Crippen LogP contribution in [0.15, 0.2) is 18.2 Å². The van der Waals surface area contributed by atoms with E-state index in [1.807, 2.05) is 9.80 Å². The molecule has 3 saturated heterocycles. The number of anilines is 2. The molecule has 2 aromatic heterocycles. The van der Waals surface area contributed by atoms with Crippen molar-refractivity contribution < 1.29 is 31.8 Å². The largest absolute Gasteiger partial charge is 0.494 e. The number of aliphatic hydroxyl groups excluding tert-OH is 1. The van der Waals surface area contributed by atoms with Gasteiger partial charge in [0.2, 0.25) is 27.9 Å². The summed E-state index contributed by atoms with van der Waals surface area (Å²) in [6.07, 6.45) is -3.56. The Hall–Kier alpha value is -2.90. The number of piperazine rings is 1. The number of para-hydroxylation sites is 1. The lowest BCUT2D eigenvalue weighted by atomic mass is 10.3. The topological polar surface area (TPSA) is 142 Å². The van der Waals surface area contributed by atoms with E-state index in [0.29, 0.717) is 68.9 Å². The minimum absolute atomic E-state index is 0.0177. The minimum atomic E-state index is -3.56. The van der Waals surface area contributed by atoms with E-state index in [1.54, 1.807) is 34.9 Å². The van der Waals surface area contributed by atoms with Crippen LogP contribution in [0.1, 0.15) is 12.2 Å². The molecule has 18 heteroatoms. The second-order valence-corrected chi connectivity index (χ2v) is 13.8. The van der Waals surface area contributed by atoms with Crippen LogP contribution in [0.5, 0.6) is 5.75 Å². The van der Waals surface area contributed by atoms with E-state index in [1.165, 1.54) is 16.0 Å². The zero-order chi connectivity index (χ0) is 30.8. The number of fused-ring (bicyclic) bond motifs is 1. The van der Waals surface area contributed by atoms with Crippen molar-refractivity contribution in [1.82, 2.24) is 33.7 Å². The molecule has 0 radical (unpaired) electrons. The number of nitrogens with zero attached hydrogens (tertiary/aromatic N) is 9. The van der Waals surface area contributed by atoms with Crippen LogP contribution in [-0.4, -0.2) is 143 Å². The number of aromatic nitrogens is 5. The number of imidazole rings is 1. The predicted octanol–water partition coefficient (Wildman–Crippen LogP) is 0.812. The molecule has 0 bridgehead atoms. The highest BCUT2D eigenvalue weighted by molar-refractivity contribution is 7.99. The molecule has 3 aliphatic heterocycles. The fraction of sp³-hybridized carbons (Fsp3) is 0.615. The molecule has 0 spiro atoms. The van der Waals surface area contributed by atoms with E-state index in [0.717, 1.165) is 5.75 Å². The normalized spacial score (nSPS) is 21.0. The van der Waals surface area contributed by atoms with Crippen molar-refractivity contribution in [3.8, 4) is 11.7 Å². The van der Waals surface area contributed by atoms with E-state index < -0.39 is 28.5 Å². The van der Waals surface area contributed by atoms with Gasteiger partial charge in [0, 0.05) is 63.9 Å². The Bertz CT molecular complexity index is 1570. The first-order chi connectivity index (χ1) is 21.2. The maximum Gasteiger partial charge on any atom is 0.296 e. The van der Waals surface area contributed by atoms with Crippen LogP contribution in [0.3, 0.4) is 0 Å². The Kier molecular flexibility index (Phi) is 9.34. The molecule has 0 amide bonds. The molecular formula is C26H35F2N9O5S2. The molecule has 44 heavy (non-hydrogen) atoms. The fourth-order valence-corrected chi connectivity index (χ4v) is 7.91. The van der Waals surface area contributed by atoms with Gasteiger partial charge in [-0.15, -0.1) is 0 Å². The monoisotopic (exact) mass is 655 g/mol. The molecule has 1 N–H and O–H groups in total. The van der Waals surface area contributed by atoms with Crippen molar-refractivity contribution in [2.75, 3.05) is 99.7 Å². The number of methoxy groups -OCH3 is 1. The van der Waals surface area contributed by atoms with Gasteiger partial charge in [0.1, 0.15) is 17.5 Å². The fourth-order valence-electron chi connectivity index (χ4n) is 5.52. The molecule has 3 aromatic rings. The van der Waals surface area contributed by atoms with Gasteiger partial charge in [0.05, 0.1) is 31.6 Å². The Morgan fingerprint density at radius 2 is 1.68 bits per heavy atom. The first kappa shape index (κ1) is 31.1. The number of hydrogen-bond donors (Lipinski definition) is 1. The molecule has 6 rings (SSSR count). The summed E-state index contributed by atoms with van der Waals surface area (Å²) in [6, 6.07) is 4.98. The highest BCUT2D eigenvalue weighted by atomic mass is 32.2. The number of benzene rings is 1. The molecule has 1 aromatic carbocycles. The Morgan fingerprint density at radius 3 is 2.34 bits per heavy atom. The summed E-state index contributed by atoms with van der Waals surface area (Å²) in [5.41, 5.74) is 0.618. The van der Waals surface area contributed by atoms with Gasteiger partial charge < -0.3 is 24.4 Å². The molecule has 14 nitrogen and oxygen atoms in total. The van der Waals surface area contributed by atoms with Crippen LogP contribution in [0.4, 0.5) is 20.7 Å². The average Bonchev–Trinajstić information content (AvgIpc) is 3.45. The Morgan fingerprint density at radius 1 is 1.00 bits per heavy atom. The molecule has 1 atom stereocenters. The number of halogens is 2. The van der Waals surface area contributed by atoms with E-state index in [2.05, 4.69) is 15.0 Å². The molecule has 240 valence electrons. The summed E-state index contributed by atoms with van der Waals surface area (Å²) in [5.74, 6) is 1.71. The molecule has 1 unspecified atom stereocenters. The van der Waals surface area contributed by atoms with Gasteiger partial charge in [-0.3, -0.25) is 9.47 Å². The highest BCUT2D eigenvalue weighted by Gasteiger charge is 2.32. The maximum absolute atomic E-state index is 14.3. The van der Waals surface area contributed by atoms with E-state index >= 15 is 0 Å². The lowest BCUT2D eigenvalue weighted by Gasteiger charge is -2.36. The number of morpholine rings is 1. The number of rotatable bonds is 9. The maximum atomic E-state index is 14.3. The average molecular weight is 656 g/mol. The summed E-state index contributed by atoms with van der Waals surface area (Å²) in [4.78, 5) is 23.7. The SMILES string of the molecule is COc1cccc2c1nc(C(F)F)n2-c1nc(N2CCOCC2)nc(N2CCN(S(=O)(=O)CCN3CCSCC3O)CC2)n1. The summed E-state index contributed by atoms with van der Waals surface area (Å²) in [7, 11) is -2.11. The lowest BCUT2D eigenvalue weighted by molar-refractivity contribution is 0.0276. The first-order valence-electron chi connectivity index (χ1n) is 14.4. The van der Waals surface area contributed by atoms with Crippen LogP contribution < -0.4 is 14.5 Å². The summed E-state index contributed by atoms with van der Waals surface area (Å²) < 4.78 is 68.5. The second-order valence-electron chi connectivity index (χ2n) is 10.6. The van der Waals surface area contributed by atoms with Gasteiger partial charge in [-0.1, -0.05) is 6.07 Å². The first-order valence-corrected chi connectivity index (χ1v) is 17.2. The van der Waals surface area contributed by atoms with E-state index in [4.69, 9.17) is 14.5 Å². The highest BCUT2D eigenvalue weighted by Crippen LogP contribution is 2.32. The summed E-state index contributed by atoms with van der Waals surface area (Å²) in [5, 5.41) is 10.2. The zero-order valence-electron chi connectivity index (χ0n) is 24.3. The number of sulfonamides is 1. The number of thioether (sulfide) groups is 1. The van der Waals surface area contributed by atoms with Gasteiger partial charge in [-0.25, -0.2) is 22.2 Å². The van der Waals surface area contributed by atoms with Crippen LogP contribution >= 0.6 is 11.8 Å². The van der Waals surface area contributed by atoms with Crippen LogP contribution in [0.25, 0.3) is 17.0 Å². The summed E-state index contributed by atoms with van der Waals surface area (Å²) >= 11 is 1.65. The predicted molar refractivity (Wildman–Crippen MR) is 161 cm³/mol. The van der Waals surface area contributed by atoms with Crippen molar-refractivity contribution >= 4 is 44.7 Å². The van der Waals surface area contributed by atoms with Crippen molar-refractivity contribution in [3.63, 3.8) is 0 Å². The number of hydrogen-bond acceptors (Lipinski definition) is 13. The molecular weight excluding hydrogens is 620 g/mol. The summed E-state index contributed by atoms with van der Waals surface area (Å²) in [6.45, 7) is 3.89. The number of ether oxygens (including phenoxy) is 2. The van der Waals surface area contributed by atoms with Gasteiger partial charge in [0.25, 0.3) is 6.43 Å². The quantitative estimate of drug-likeness (QED) is 0.348. The van der Waals surface area contributed by atoms with Gasteiger partial charge >= 0.3 is 0 Å². The second kappa shape index (κ2) is 13.2. The Labute approximate surface area is 258 Å². The van der Waals surface area contributed by atoms with Gasteiger partial charge in [0.15, 0.2) is 5.82 Å². The lowest BCUT2D eigenvalue weighted by Crippen LogP contribution is -2.51. The molecule has 3 fully saturated rings. The standard InChI is InChI=1S/C26H35F2N9O5S2/c1-41-19-4-2-3-18-21(19)29-23(22(27)28)37(18)26-31-24(30-25(32-26)35-9-13-42-14-10-35)34-5-7-36(8-6-34)44(39,40)16-12-33-11-15-43-17-20(33)38/h2-4,20,22,38H,5-17H2,1H3. The van der Waals surface area contributed by atoms with Crippen molar-refractivity contribution in [1.29, 1.82) is 0 Å². The number of aliphatic hydroxyl groups is 1. The smallest absolute Gasteiger partial charge is 0.296 e. The third-order valence-electron chi connectivity index (χ3n) is 7.95. The van der Waals surface area contributed by atoms with Gasteiger partial charge in [-0.05, 0) is 12.1 Å². The van der Waals surface area contributed by atoms with E-state index in [-0.39, 0.29) is 42.8 Å². The third kappa shape index (κ3) is 6.41. The molecule has 0 aliphatic carbocycles. The number of alkyl halides is 2. The van der Waals surface area contributed by atoms with Crippen molar-refractivity contribution in [3.05, 3.63) is 24.0 Å². The molecule has 3 aliphatic rings. The van der Waals surface area contributed by atoms with Gasteiger partial charge in [-0.2, -0.15) is 31.0 Å². The minimum Gasteiger partial charge on any atom is -0.494 e. The van der Waals surface area contributed by atoms with Crippen LogP contribution in [0.2, 0.25) is 0 Å². The van der Waals surface area contributed by atoms with Crippen molar-refractivity contribution in [2.45, 2.75) is 12.7 Å². The third-order valence-corrected chi connectivity index (χ3v) is 10.8. The zero-order valence-corrected chi connectivity index (χ0v) is 25.9. The Balaban J connectivity index is 1.28. The van der Waals surface area contributed by atoms with Crippen LogP contribution in [0, 0.1) is 0 Å². The van der Waals surface area contributed by atoms with Crippen molar-refractivity contribution in [2.24, 2.45) is 0 Å². The van der Waals surface area contributed by atoms with Crippen LogP contribution in [-0.2, 0) is 14.8 Å².